The first kappa shape index (κ1) is 12.0. The number of aromatic nitrogens is 1. The summed E-state index contributed by atoms with van der Waals surface area (Å²) in [5, 5.41) is 17.2. The van der Waals surface area contributed by atoms with Gasteiger partial charge in [0.1, 0.15) is 11.8 Å². The molecule has 1 aromatic heterocycles. The van der Waals surface area contributed by atoms with E-state index in [2.05, 4.69) is 4.98 Å². The predicted octanol–water partition coefficient (Wildman–Crippen LogP) is 1.42. The molecule has 0 amide bonds. The van der Waals surface area contributed by atoms with E-state index >= 15 is 0 Å². The second kappa shape index (κ2) is 5.15. The molecular weight excluding hydrogens is 214 g/mol. The van der Waals surface area contributed by atoms with Crippen molar-refractivity contribution >= 4 is 0 Å². The van der Waals surface area contributed by atoms with Crippen LogP contribution in [-0.2, 0) is 13.0 Å². The number of rotatable bonds is 3. The van der Waals surface area contributed by atoms with E-state index in [-0.39, 0.29) is 35.5 Å². The van der Waals surface area contributed by atoms with Crippen LogP contribution in [-0.4, -0.2) is 4.98 Å². The Labute approximate surface area is 90.9 Å². The van der Waals surface area contributed by atoms with E-state index in [4.69, 9.17) is 16.3 Å². The van der Waals surface area contributed by atoms with E-state index in [9.17, 15) is 8.78 Å². The molecule has 0 aliphatic rings. The second-order valence-corrected chi connectivity index (χ2v) is 2.97. The van der Waals surface area contributed by atoms with Crippen molar-refractivity contribution in [2.75, 3.05) is 0 Å². The first-order chi connectivity index (χ1) is 7.63. The summed E-state index contributed by atoms with van der Waals surface area (Å²) < 4.78 is 25.4. The minimum atomic E-state index is -2.73. The predicted molar refractivity (Wildman–Crippen MR) is 51.1 cm³/mol. The van der Waals surface area contributed by atoms with Crippen LogP contribution in [0.25, 0.3) is 0 Å². The van der Waals surface area contributed by atoms with Gasteiger partial charge in [0.25, 0.3) is 6.43 Å². The summed E-state index contributed by atoms with van der Waals surface area (Å²) in [7, 11) is 0. The first-order valence-electron chi connectivity index (χ1n) is 4.42. The van der Waals surface area contributed by atoms with Crippen LogP contribution in [0.5, 0.6) is 0 Å². The summed E-state index contributed by atoms with van der Waals surface area (Å²) in [4.78, 5) is 3.80. The zero-order valence-electron chi connectivity index (χ0n) is 8.24. The van der Waals surface area contributed by atoms with Gasteiger partial charge in [0.15, 0.2) is 0 Å². The number of hydrogen-bond acceptors (Lipinski definition) is 4. The smallest absolute Gasteiger partial charge is 0.264 e. The molecule has 0 aromatic carbocycles. The minimum Gasteiger partial charge on any atom is -0.326 e. The van der Waals surface area contributed by atoms with Gasteiger partial charge in [-0.2, -0.15) is 10.5 Å². The molecule has 6 heteroatoms. The largest absolute Gasteiger partial charge is 0.326 e. The Balaban J connectivity index is 3.42. The molecule has 0 spiro atoms. The molecule has 0 saturated heterocycles. The van der Waals surface area contributed by atoms with Crippen LogP contribution >= 0.6 is 0 Å². The van der Waals surface area contributed by atoms with Gasteiger partial charge in [-0.05, 0) is 11.6 Å². The van der Waals surface area contributed by atoms with Gasteiger partial charge in [-0.15, -0.1) is 0 Å². The normalized spacial score (nSPS) is 9.88. The molecule has 2 N–H and O–H groups in total. The maximum Gasteiger partial charge on any atom is 0.264 e. The van der Waals surface area contributed by atoms with Gasteiger partial charge < -0.3 is 5.73 Å². The lowest BCUT2D eigenvalue weighted by molar-refractivity contribution is 0.150. The van der Waals surface area contributed by atoms with E-state index in [1.165, 1.54) is 0 Å². The summed E-state index contributed by atoms with van der Waals surface area (Å²) in [6, 6.07) is 4.49. The van der Waals surface area contributed by atoms with Crippen molar-refractivity contribution in [1.82, 2.24) is 4.98 Å². The van der Waals surface area contributed by atoms with E-state index < -0.39 is 6.43 Å². The summed E-state index contributed by atoms with van der Waals surface area (Å²) >= 11 is 0. The molecule has 0 bridgehead atoms. The number of nitriles is 2. The van der Waals surface area contributed by atoms with Crippen molar-refractivity contribution in [2.45, 2.75) is 19.4 Å². The van der Waals surface area contributed by atoms with Crippen LogP contribution in [0.1, 0.15) is 28.9 Å². The minimum absolute atomic E-state index is 0.127. The molecular formula is C10H8F2N4. The van der Waals surface area contributed by atoms with Gasteiger partial charge in [-0.25, -0.2) is 13.8 Å². The average molecular weight is 222 g/mol. The average Bonchev–Trinajstić information content (AvgIpc) is 2.28. The number of hydrogen-bond donors (Lipinski definition) is 1. The summed E-state index contributed by atoms with van der Waals surface area (Å²) in [6.07, 6.45) is -2.87. The van der Waals surface area contributed by atoms with Crippen molar-refractivity contribution in [1.29, 1.82) is 10.5 Å². The van der Waals surface area contributed by atoms with Crippen LogP contribution in [0.2, 0.25) is 0 Å². The standard InChI is InChI=1S/C10H8F2N4/c11-10(12)7-3-6(4-14)16-9(1-2-13)8(7)5-15/h3,10H,1,5,15H2. The van der Waals surface area contributed by atoms with Crippen LogP contribution in [0, 0.1) is 22.7 Å². The molecule has 4 nitrogen and oxygen atoms in total. The lowest BCUT2D eigenvalue weighted by atomic mass is 10.0. The highest BCUT2D eigenvalue weighted by molar-refractivity contribution is 5.38. The molecule has 1 rings (SSSR count). The molecule has 0 radical (unpaired) electrons. The SMILES string of the molecule is N#CCc1nc(C#N)cc(C(F)F)c1CN. The lowest BCUT2D eigenvalue weighted by Gasteiger charge is -2.10. The molecule has 0 aliphatic heterocycles. The van der Waals surface area contributed by atoms with E-state index in [1.54, 1.807) is 12.1 Å². The quantitative estimate of drug-likeness (QED) is 0.837. The number of nitrogens with two attached hydrogens (primary N) is 1. The summed E-state index contributed by atoms with van der Waals surface area (Å²) in [6.45, 7) is -0.130. The third kappa shape index (κ3) is 2.30. The Morgan fingerprint density at radius 1 is 1.44 bits per heavy atom. The van der Waals surface area contributed by atoms with Crippen molar-refractivity contribution < 1.29 is 8.78 Å². The van der Waals surface area contributed by atoms with Gasteiger partial charge in [0.2, 0.25) is 0 Å². The molecule has 82 valence electrons. The molecule has 0 saturated carbocycles. The molecule has 0 atom stereocenters. The van der Waals surface area contributed by atoms with Gasteiger partial charge in [-0.1, -0.05) is 0 Å². The van der Waals surface area contributed by atoms with E-state index in [0.29, 0.717) is 0 Å². The summed E-state index contributed by atoms with van der Waals surface area (Å²) in [5.74, 6) is 0. The van der Waals surface area contributed by atoms with Crippen LogP contribution in [0.15, 0.2) is 6.07 Å². The number of alkyl halides is 2. The number of pyridine rings is 1. The molecule has 0 fully saturated rings. The van der Waals surface area contributed by atoms with Crippen molar-refractivity contribution in [3.63, 3.8) is 0 Å². The Kier molecular flexibility index (Phi) is 3.87. The fourth-order valence-electron chi connectivity index (χ4n) is 1.35. The van der Waals surface area contributed by atoms with Crippen molar-refractivity contribution in [3.8, 4) is 12.1 Å². The Hall–Kier alpha value is -2.05. The fourth-order valence-corrected chi connectivity index (χ4v) is 1.35. The fraction of sp³-hybridized carbons (Fsp3) is 0.300. The molecule has 1 heterocycles. The summed E-state index contributed by atoms with van der Waals surface area (Å²) in [5.41, 5.74) is 5.20. The van der Waals surface area contributed by atoms with Crippen molar-refractivity contribution in [3.05, 3.63) is 28.6 Å². The van der Waals surface area contributed by atoms with Crippen LogP contribution in [0.4, 0.5) is 8.78 Å². The van der Waals surface area contributed by atoms with Gasteiger partial charge >= 0.3 is 0 Å². The van der Waals surface area contributed by atoms with Crippen LogP contribution < -0.4 is 5.73 Å². The highest BCUT2D eigenvalue weighted by atomic mass is 19.3. The maximum absolute atomic E-state index is 12.7. The van der Waals surface area contributed by atoms with Crippen molar-refractivity contribution in [2.24, 2.45) is 5.73 Å². The molecule has 0 aliphatic carbocycles. The lowest BCUT2D eigenvalue weighted by Crippen LogP contribution is -2.09. The zero-order valence-corrected chi connectivity index (χ0v) is 8.24. The second-order valence-electron chi connectivity index (χ2n) is 2.97. The zero-order chi connectivity index (χ0) is 12.1. The Morgan fingerprint density at radius 3 is 2.56 bits per heavy atom. The number of halogens is 2. The third-order valence-electron chi connectivity index (χ3n) is 2.04. The monoisotopic (exact) mass is 222 g/mol. The molecule has 1 aromatic rings. The van der Waals surface area contributed by atoms with E-state index in [1.807, 2.05) is 0 Å². The van der Waals surface area contributed by atoms with Gasteiger partial charge in [-0.3, -0.25) is 0 Å². The first-order valence-corrected chi connectivity index (χ1v) is 4.42. The molecule has 0 unspecified atom stereocenters. The van der Waals surface area contributed by atoms with Crippen LogP contribution in [0.3, 0.4) is 0 Å². The maximum atomic E-state index is 12.7. The van der Waals surface area contributed by atoms with Gasteiger partial charge in [0, 0.05) is 12.1 Å². The number of nitrogens with zero attached hydrogens (tertiary/aromatic N) is 3. The Morgan fingerprint density at radius 2 is 2.12 bits per heavy atom. The van der Waals surface area contributed by atoms with Gasteiger partial charge in [0.05, 0.1) is 18.2 Å². The topological polar surface area (TPSA) is 86.5 Å². The van der Waals surface area contributed by atoms with E-state index in [0.717, 1.165) is 6.07 Å². The molecule has 16 heavy (non-hydrogen) atoms. The Bertz CT molecular complexity index is 471. The highest BCUT2D eigenvalue weighted by Crippen LogP contribution is 2.25. The highest BCUT2D eigenvalue weighted by Gasteiger charge is 2.18. The third-order valence-corrected chi connectivity index (χ3v) is 2.04.